The molecule has 0 aromatic carbocycles. The maximum absolute atomic E-state index is 5.35. The maximum atomic E-state index is 5.35. The summed E-state index contributed by atoms with van der Waals surface area (Å²) in [5.41, 5.74) is 2.44. The van der Waals surface area contributed by atoms with Crippen molar-refractivity contribution in [2.45, 2.75) is 26.2 Å². The molecule has 1 unspecified atom stereocenters. The van der Waals surface area contributed by atoms with E-state index in [1.54, 1.807) is 0 Å². The van der Waals surface area contributed by atoms with Gasteiger partial charge in [-0.3, -0.25) is 9.88 Å². The summed E-state index contributed by atoms with van der Waals surface area (Å²) in [6.07, 6.45) is 3.14. The number of hydrogen-bond acceptors (Lipinski definition) is 3. The molecule has 1 aliphatic heterocycles. The summed E-state index contributed by atoms with van der Waals surface area (Å²) in [5, 5.41) is 0. The number of pyridine rings is 1. The average Bonchev–Trinajstić information content (AvgIpc) is 2.38. The SMILES string of the molecule is Cc1ccc(C(C)CCN2CCOCC2)nc1. The standard InChI is InChI=1S/C14H22N2O/c1-12-3-4-14(15-11-12)13(2)5-6-16-7-9-17-10-8-16/h3-4,11,13H,5-10H2,1-2H3. The Morgan fingerprint density at radius 2 is 2.12 bits per heavy atom. The quantitative estimate of drug-likeness (QED) is 0.798. The van der Waals surface area contributed by atoms with Gasteiger partial charge in [0, 0.05) is 25.0 Å². The zero-order chi connectivity index (χ0) is 12.1. The van der Waals surface area contributed by atoms with Crippen molar-refractivity contribution < 1.29 is 4.74 Å². The van der Waals surface area contributed by atoms with Gasteiger partial charge in [-0.15, -0.1) is 0 Å². The molecule has 0 saturated carbocycles. The van der Waals surface area contributed by atoms with Gasteiger partial charge in [0.15, 0.2) is 0 Å². The highest BCUT2D eigenvalue weighted by Crippen LogP contribution is 2.17. The highest BCUT2D eigenvalue weighted by atomic mass is 16.5. The lowest BCUT2D eigenvalue weighted by Gasteiger charge is -2.27. The fourth-order valence-electron chi connectivity index (χ4n) is 2.12. The fourth-order valence-corrected chi connectivity index (χ4v) is 2.12. The molecule has 2 heterocycles. The number of nitrogens with zero attached hydrogens (tertiary/aromatic N) is 2. The first kappa shape index (κ1) is 12.5. The number of aromatic nitrogens is 1. The van der Waals surface area contributed by atoms with Gasteiger partial charge in [0.2, 0.25) is 0 Å². The summed E-state index contributed by atoms with van der Waals surface area (Å²) < 4.78 is 5.35. The summed E-state index contributed by atoms with van der Waals surface area (Å²) in [6.45, 7) is 9.42. The Morgan fingerprint density at radius 3 is 2.76 bits per heavy atom. The Balaban J connectivity index is 1.80. The van der Waals surface area contributed by atoms with Crippen molar-refractivity contribution in [2.75, 3.05) is 32.8 Å². The minimum absolute atomic E-state index is 0.540. The van der Waals surface area contributed by atoms with E-state index in [1.165, 1.54) is 17.7 Å². The van der Waals surface area contributed by atoms with Crippen LogP contribution in [0.2, 0.25) is 0 Å². The van der Waals surface area contributed by atoms with E-state index in [4.69, 9.17) is 4.74 Å². The molecule has 2 rings (SSSR count). The van der Waals surface area contributed by atoms with E-state index in [0.29, 0.717) is 5.92 Å². The average molecular weight is 234 g/mol. The third kappa shape index (κ3) is 3.79. The zero-order valence-electron chi connectivity index (χ0n) is 10.9. The summed E-state index contributed by atoms with van der Waals surface area (Å²) in [4.78, 5) is 6.98. The molecule has 0 N–H and O–H groups in total. The molecule has 1 aliphatic rings. The molecule has 1 atom stereocenters. The van der Waals surface area contributed by atoms with E-state index in [-0.39, 0.29) is 0 Å². The van der Waals surface area contributed by atoms with Crippen LogP contribution >= 0.6 is 0 Å². The van der Waals surface area contributed by atoms with E-state index in [0.717, 1.165) is 32.8 Å². The topological polar surface area (TPSA) is 25.4 Å². The van der Waals surface area contributed by atoms with Gasteiger partial charge in [0.05, 0.1) is 13.2 Å². The number of rotatable bonds is 4. The molecule has 17 heavy (non-hydrogen) atoms. The Hall–Kier alpha value is -0.930. The molecular weight excluding hydrogens is 212 g/mol. The van der Waals surface area contributed by atoms with Gasteiger partial charge in [-0.25, -0.2) is 0 Å². The van der Waals surface area contributed by atoms with Gasteiger partial charge in [0.25, 0.3) is 0 Å². The molecule has 1 aromatic heterocycles. The van der Waals surface area contributed by atoms with Crippen molar-refractivity contribution in [3.8, 4) is 0 Å². The smallest absolute Gasteiger partial charge is 0.0594 e. The van der Waals surface area contributed by atoms with Gasteiger partial charge in [-0.2, -0.15) is 0 Å². The molecule has 0 aliphatic carbocycles. The molecule has 3 heteroatoms. The number of hydrogen-bond donors (Lipinski definition) is 0. The third-order valence-electron chi connectivity index (χ3n) is 3.42. The molecule has 0 radical (unpaired) electrons. The van der Waals surface area contributed by atoms with Crippen LogP contribution < -0.4 is 0 Å². The Kier molecular flexibility index (Phi) is 4.51. The number of ether oxygens (including phenoxy) is 1. The van der Waals surface area contributed by atoms with Crippen LogP contribution in [0.1, 0.15) is 30.5 Å². The predicted octanol–water partition coefficient (Wildman–Crippen LogP) is 2.22. The van der Waals surface area contributed by atoms with Gasteiger partial charge in [-0.05, 0) is 37.4 Å². The van der Waals surface area contributed by atoms with Crippen LogP contribution in [0.3, 0.4) is 0 Å². The van der Waals surface area contributed by atoms with Crippen LogP contribution in [0.15, 0.2) is 18.3 Å². The van der Waals surface area contributed by atoms with E-state index < -0.39 is 0 Å². The second kappa shape index (κ2) is 6.12. The fraction of sp³-hybridized carbons (Fsp3) is 0.643. The third-order valence-corrected chi connectivity index (χ3v) is 3.42. The van der Waals surface area contributed by atoms with Crippen LogP contribution in [-0.4, -0.2) is 42.7 Å². The second-order valence-corrected chi connectivity index (χ2v) is 4.90. The van der Waals surface area contributed by atoms with E-state index in [9.17, 15) is 0 Å². The lowest BCUT2D eigenvalue weighted by molar-refractivity contribution is 0.0367. The van der Waals surface area contributed by atoms with Crippen LogP contribution in [-0.2, 0) is 4.74 Å². The predicted molar refractivity (Wildman–Crippen MR) is 69.3 cm³/mol. The molecular formula is C14H22N2O. The van der Waals surface area contributed by atoms with E-state index in [1.807, 2.05) is 6.20 Å². The highest BCUT2D eigenvalue weighted by molar-refractivity contribution is 5.14. The first-order chi connectivity index (χ1) is 8.25. The van der Waals surface area contributed by atoms with Crippen LogP contribution in [0.25, 0.3) is 0 Å². The zero-order valence-corrected chi connectivity index (χ0v) is 10.9. The van der Waals surface area contributed by atoms with Gasteiger partial charge in [-0.1, -0.05) is 13.0 Å². The Labute approximate surface area is 104 Å². The van der Waals surface area contributed by atoms with Crippen molar-refractivity contribution in [1.29, 1.82) is 0 Å². The van der Waals surface area contributed by atoms with E-state index in [2.05, 4.69) is 35.9 Å². The molecule has 1 aromatic rings. The minimum atomic E-state index is 0.540. The van der Waals surface area contributed by atoms with Crippen molar-refractivity contribution in [2.24, 2.45) is 0 Å². The minimum Gasteiger partial charge on any atom is -0.379 e. The molecule has 94 valence electrons. The molecule has 1 saturated heterocycles. The van der Waals surface area contributed by atoms with Crippen molar-refractivity contribution in [3.05, 3.63) is 29.6 Å². The summed E-state index contributed by atoms with van der Waals surface area (Å²) >= 11 is 0. The molecule has 0 bridgehead atoms. The lowest BCUT2D eigenvalue weighted by Crippen LogP contribution is -2.37. The van der Waals surface area contributed by atoms with Gasteiger partial charge < -0.3 is 4.74 Å². The first-order valence-corrected chi connectivity index (χ1v) is 6.48. The van der Waals surface area contributed by atoms with Crippen molar-refractivity contribution >= 4 is 0 Å². The van der Waals surface area contributed by atoms with Crippen LogP contribution in [0.5, 0.6) is 0 Å². The Morgan fingerprint density at radius 1 is 1.35 bits per heavy atom. The van der Waals surface area contributed by atoms with Crippen LogP contribution in [0, 0.1) is 6.92 Å². The van der Waals surface area contributed by atoms with Gasteiger partial charge in [0.1, 0.15) is 0 Å². The number of aryl methyl sites for hydroxylation is 1. The lowest BCUT2D eigenvalue weighted by atomic mass is 10.0. The first-order valence-electron chi connectivity index (χ1n) is 6.48. The summed E-state index contributed by atoms with van der Waals surface area (Å²) in [5.74, 6) is 0.540. The molecule has 3 nitrogen and oxygen atoms in total. The van der Waals surface area contributed by atoms with Crippen molar-refractivity contribution in [1.82, 2.24) is 9.88 Å². The highest BCUT2D eigenvalue weighted by Gasteiger charge is 2.13. The summed E-state index contributed by atoms with van der Waals surface area (Å²) in [7, 11) is 0. The Bertz CT molecular complexity index is 331. The summed E-state index contributed by atoms with van der Waals surface area (Å²) in [6, 6.07) is 4.30. The monoisotopic (exact) mass is 234 g/mol. The van der Waals surface area contributed by atoms with Crippen LogP contribution in [0.4, 0.5) is 0 Å². The normalized spacial score (nSPS) is 19.2. The van der Waals surface area contributed by atoms with E-state index >= 15 is 0 Å². The largest absolute Gasteiger partial charge is 0.379 e. The number of morpholine rings is 1. The maximum Gasteiger partial charge on any atom is 0.0594 e. The molecule has 0 amide bonds. The van der Waals surface area contributed by atoms with Crippen molar-refractivity contribution in [3.63, 3.8) is 0 Å². The van der Waals surface area contributed by atoms with Gasteiger partial charge >= 0.3 is 0 Å². The second-order valence-electron chi connectivity index (χ2n) is 4.90. The molecule has 1 fully saturated rings. The molecule has 0 spiro atoms.